The van der Waals surface area contributed by atoms with Crippen LogP contribution in [0.25, 0.3) is 0 Å². The number of benzene rings is 2. The fourth-order valence-electron chi connectivity index (χ4n) is 1.61. The van der Waals surface area contributed by atoms with Crippen molar-refractivity contribution >= 4 is 23.2 Å². The van der Waals surface area contributed by atoms with E-state index in [0.717, 1.165) is 11.3 Å². The third-order valence-corrected chi connectivity index (χ3v) is 3.19. The van der Waals surface area contributed by atoms with Gasteiger partial charge in [0.05, 0.1) is 7.11 Å². The van der Waals surface area contributed by atoms with Crippen LogP contribution in [-0.2, 0) is 0 Å². The summed E-state index contributed by atoms with van der Waals surface area (Å²) < 4.78 is 5.06. The van der Waals surface area contributed by atoms with Crippen LogP contribution in [0.5, 0.6) is 5.75 Å². The number of carbonyl (C=O) groups is 1. The first-order chi connectivity index (χ1) is 9.10. The molecule has 2 aromatic carbocycles. The van der Waals surface area contributed by atoms with Crippen molar-refractivity contribution in [2.24, 2.45) is 0 Å². The van der Waals surface area contributed by atoms with Crippen molar-refractivity contribution in [3.05, 3.63) is 58.6 Å². The Balaban J connectivity index is 2.13. The maximum Gasteiger partial charge on any atom is 0.255 e. The summed E-state index contributed by atoms with van der Waals surface area (Å²) in [5.41, 5.74) is 2.19. The van der Waals surface area contributed by atoms with Crippen molar-refractivity contribution in [2.45, 2.75) is 6.92 Å². The van der Waals surface area contributed by atoms with Crippen LogP contribution >= 0.6 is 11.6 Å². The Morgan fingerprint density at radius 2 is 1.84 bits per heavy atom. The number of hydrogen-bond acceptors (Lipinski definition) is 2. The number of rotatable bonds is 3. The Morgan fingerprint density at radius 3 is 2.42 bits per heavy atom. The van der Waals surface area contributed by atoms with Crippen LogP contribution in [0.15, 0.2) is 42.5 Å². The predicted octanol–water partition coefficient (Wildman–Crippen LogP) is 3.91. The minimum absolute atomic E-state index is 0.188. The lowest BCUT2D eigenvalue weighted by Crippen LogP contribution is -2.11. The third-order valence-electron chi connectivity index (χ3n) is 2.78. The summed E-state index contributed by atoms with van der Waals surface area (Å²) in [6.45, 7) is 1.90. The van der Waals surface area contributed by atoms with Gasteiger partial charge in [-0.25, -0.2) is 0 Å². The molecule has 98 valence electrons. The van der Waals surface area contributed by atoms with Gasteiger partial charge in [-0.15, -0.1) is 0 Å². The molecule has 1 amide bonds. The molecule has 0 spiro atoms. The molecule has 3 nitrogen and oxygen atoms in total. The first kappa shape index (κ1) is 13.4. The molecule has 4 heteroatoms. The highest BCUT2D eigenvalue weighted by molar-refractivity contribution is 6.31. The second-order valence-corrected chi connectivity index (χ2v) is 4.55. The topological polar surface area (TPSA) is 38.3 Å². The van der Waals surface area contributed by atoms with Gasteiger partial charge in [0.2, 0.25) is 0 Å². The van der Waals surface area contributed by atoms with Gasteiger partial charge in [-0.1, -0.05) is 17.7 Å². The van der Waals surface area contributed by atoms with Gasteiger partial charge < -0.3 is 10.1 Å². The minimum Gasteiger partial charge on any atom is -0.497 e. The first-order valence-electron chi connectivity index (χ1n) is 5.81. The Labute approximate surface area is 117 Å². The molecule has 0 radical (unpaired) electrons. The van der Waals surface area contributed by atoms with Gasteiger partial charge in [-0.3, -0.25) is 4.79 Å². The normalized spacial score (nSPS) is 10.1. The van der Waals surface area contributed by atoms with E-state index in [9.17, 15) is 4.79 Å². The lowest BCUT2D eigenvalue weighted by Gasteiger charge is -2.07. The van der Waals surface area contributed by atoms with E-state index < -0.39 is 0 Å². The SMILES string of the molecule is COc1ccc(NC(=O)c2ccc(C)c(Cl)c2)cc1. The molecule has 2 aromatic rings. The zero-order valence-corrected chi connectivity index (χ0v) is 11.5. The van der Waals surface area contributed by atoms with Crippen molar-refractivity contribution in [1.82, 2.24) is 0 Å². The number of anilines is 1. The van der Waals surface area contributed by atoms with Gasteiger partial charge >= 0.3 is 0 Å². The molecule has 0 fully saturated rings. The second kappa shape index (κ2) is 5.76. The predicted molar refractivity (Wildman–Crippen MR) is 77.1 cm³/mol. The Morgan fingerprint density at radius 1 is 1.16 bits per heavy atom. The molecule has 0 unspecified atom stereocenters. The van der Waals surface area contributed by atoms with E-state index in [0.29, 0.717) is 16.3 Å². The zero-order chi connectivity index (χ0) is 13.8. The number of methoxy groups -OCH3 is 1. The van der Waals surface area contributed by atoms with Crippen LogP contribution in [0.2, 0.25) is 5.02 Å². The average molecular weight is 276 g/mol. The van der Waals surface area contributed by atoms with E-state index in [1.807, 2.05) is 13.0 Å². The van der Waals surface area contributed by atoms with Crippen LogP contribution < -0.4 is 10.1 Å². The number of ether oxygens (including phenoxy) is 1. The number of halogens is 1. The van der Waals surface area contributed by atoms with Gasteiger partial charge in [0.1, 0.15) is 5.75 Å². The van der Waals surface area contributed by atoms with E-state index in [1.54, 1.807) is 43.5 Å². The van der Waals surface area contributed by atoms with Crippen molar-refractivity contribution in [3.8, 4) is 5.75 Å². The molecule has 0 bridgehead atoms. The van der Waals surface area contributed by atoms with Gasteiger partial charge in [0.25, 0.3) is 5.91 Å². The largest absolute Gasteiger partial charge is 0.497 e. The highest BCUT2D eigenvalue weighted by atomic mass is 35.5. The summed E-state index contributed by atoms with van der Waals surface area (Å²) in [5, 5.41) is 3.39. The summed E-state index contributed by atoms with van der Waals surface area (Å²) in [4.78, 5) is 12.0. The highest BCUT2D eigenvalue weighted by Crippen LogP contribution is 2.19. The van der Waals surface area contributed by atoms with Gasteiger partial charge in [0.15, 0.2) is 0 Å². The summed E-state index contributed by atoms with van der Waals surface area (Å²) in [6, 6.07) is 12.4. The van der Waals surface area contributed by atoms with Crippen LogP contribution in [0.4, 0.5) is 5.69 Å². The van der Waals surface area contributed by atoms with Crippen molar-refractivity contribution in [1.29, 1.82) is 0 Å². The van der Waals surface area contributed by atoms with E-state index >= 15 is 0 Å². The van der Waals surface area contributed by atoms with Crippen LogP contribution in [0.3, 0.4) is 0 Å². The molecule has 0 saturated heterocycles. The first-order valence-corrected chi connectivity index (χ1v) is 6.19. The minimum atomic E-state index is -0.188. The number of aryl methyl sites for hydroxylation is 1. The number of amides is 1. The van der Waals surface area contributed by atoms with E-state index in [2.05, 4.69) is 5.32 Å². The smallest absolute Gasteiger partial charge is 0.255 e. The summed E-state index contributed by atoms with van der Waals surface area (Å²) in [7, 11) is 1.60. The Bertz CT molecular complexity index is 594. The molecule has 2 rings (SSSR count). The van der Waals surface area contributed by atoms with E-state index in [1.165, 1.54) is 0 Å². The van der Waals surface area contributed by atoms with Gasteiger partial charge in [-0.05, 0) is 48.9 Å². The third kappa shape index (κ3) is 3.26. The number of hydrogen-bond donors (Lipinski definition) is 1. The molecule has 0 aliphatic rings. The summed E-state index contributed by atoms with van der Waals surface area (Å²) in [5.74, 6) is 0.559. The molecule has 0 aliphatic heterocycles. The number of nitrogens with one attached hydrogen (secondary N) is 1. The standard InChI is InChI=1S/C15H14ClNO2/c1-10-3-4-11(9-14(10)16)15(18)17-12-5-7-13(19-2)8-6-12/h3-9H,1-2H3,(H,17,18). The molecule has 0 atom stereocenters. The molecule has 1 N–H and O–H groups in total. The molecule has 0 aromatic heterocycles. The van der Waals surface area contributed by atoms with Crippen molar-refractivity contribution in [2.75, 3.05) is 12.4 Å². The molecule has 19 heavy (non-hydrogen) atoms. The number of carbonyl (C=O) groups excluding carboxylic acids is 1. The van der Waals surface area contributed by atoms with Crippen LogP contribution in [0, 0.1) is 6.92 Å². The van der Waals surface area contributed by atoms with Crippen molar-refractivity contribution < 1.29 is 9.53 Å². The van der Waals surface area contributed by atoms with Gasteiger partial charge in [-0.2, -0.15) is 0 Å². The monoisotopic (exact) mass is 275 g/mol. The van der Waals surface area contributed by atoms with Crippen molar-refractivity contribution in [3.63, 3.8) is 0 Å². The Hall–Kier alpha value is -2.00. The molecule has 0 saturated carbocycles. The fraction of sp³-hybridized carbons (Fsp3) is 0.133. The summed E-state index contributed by atoms with van der Waals surface area (Å²) in [6.07, 6.45) is 0. The zero-order valence-electron chi connectivity index (χ0n) is 10.7. The average Bonchev–Trinajstić information content (AvgIpc) is 2.42. The van der Waals surface area contributed by atoms with Gasteiger partial charge in [0, 0.05) is 16.3 Å². The molecule has 0 heterocycles. The second-order valence-electron chi connectivity index (χ2n) is 4.15. The quantitative estimate of drug-likeness (QED) is 0.922. The van der Waals surface area contributed by atoms with Crippen LogP contribution in [0.1, 0.15) is 15.9 Å². The summed E-state index contributed by atoms with van der Waals surface area (Å²) >= 11 is 6.00. The lowest BCUT2D eigenvalue weighted by atomic mass is 10.1. The fourth-order valence-corrected chi connectivity index (χ4v) is 1.79. The molecular formula is C15H14ClNO2. The molecule has 0 aliphatic carbocycles. The Kier molecular flexibility index (Phi) is 4.07. The van der Waals surface area contributed by atoms with Crippen LogP contribution in [-0.4, -0.2) is 13.0 Å². The lowest BCUT2D eigenvalue weighted by molar-refractivity contribution is 0.102. The highest BCUT2D eigenvalue weighted by Gasteiger charge is 2.07. The van der Waals surface area contributed by atoms with E-state index in [4.69, 9.17) is 16.3 Å². The maximum atomic E-state index is 12.0. The maximum absolute atomic E-state index is 12.0. The molecular weight excluding hydrogens is 262 g/mol. The van der Waals surface area contributed by atoms with E-state index in [-0.39, 0.29) is 5.91 Å².